The van der Waals surface area contributed by atoms with Gasteiger partial charge in [-0.05, 0) is 41.5 Å². The van der Waals surface area contributed by atoms with E-state index >= 15 is 0 Å². The fourth-order valence-electron chi connectivity index (χ4n) is 2.96. The minimum atomic E-state index is -3.13. The van der Waals surface area contributed by atoms with Gasteiger partial charge in [-0.1, -0.05) is 0 Å². The number of sulfone groups is 2. The number of alkyl carbamates (subject to hydrolysis) is 2. The van der Waals surface area contributed by atoms with Crippen molar-refractivity contribution in [3.8, 4) is 0 Å². The molecular weight excluding hydrogens is 464 g/mol. The van der Waals surface area contributed by atoms with Crippen LogP contribution in [-0.4, -0.2) is 87.4 Å². The molecule has 2 aliphatic heterocycles. The number of nitrogens with one attached hydrogen (secondary N) is 2. The second kappa shape index (κ2) is 10.1. The zero-order valence-electron chi connectivity index (χ0n) is 19.4. The molecule has 6 N–H and O–H groups in total. The number of amides is 2. The van der Waals surface area contributed by atoms with Gasteiger partial charge in [0.2, 0.25) is 0 Å². The summed E-state index contributed by atoms with van der Waals surface area (Å²) in [6.07, 6.45) is -1.27. The first kappa shape index (κ1) is 28.4. The van der Waals surface area contributed by atoms with Gasteiger partial charge < -0.3 is 31.6 Å². The Labute approximate surface area is 190 Å². The van der Waals surface area contributed by atoms with Crippen molar-refractivity contribution in [3.63, 3.8) is 0 Å². The largest absolute Gasteiger partial charge is 0.444 e. The average molecular weight is 501 g/mol. The maximum Gasteiger partial charge on any atom is 0.407 e. The maximum absolute atomic E-state index is 11.4. The molecule has 4 atom stereocenters. The molecule has 0 radical (unpaired) electrons. The van der Waals surface area contributed by atoms with Gasteiger partial charge in [0.1, 0.15) is 11.2 Å². The third-order valence-corrected chi connectivity index (χ3v) is 7.72. The molecule has 0 unspecified atom stereocenters. The van der Waals surface area contributed by atoms with E-state index in [-0.39, 0.29) is 23.0 Å². The molecule has 2 aliphatic rings. The molecule has 2 amide bonds. The molecule has 0 aliphatic carbocycles. The Kier molecular flexibility index (Phi) is 8.96. The molecular formula is C18H36N4O8S2. The van der Waals surface area contributed by atoms with E-state index in [9.17, 15) is 26.4 Å². The molecule has 2 rings (SSSR count). The number of nitrogens with two attached hydrogens (primary N) is 2. The predicted molar refractivity (Wildman–Crippen MR) is 120 cm³/mol. The SMILES string of the molecule is CC(C)(C)OC(=O)N[C@@H]1CS(=O)(=O)C[C@@H]1N.CC(C)(C)OC(=O)N[C@H]1CS(=O)(=O)C[C@H]1N. The van der Waals surface area contributed by atoms with Gasteiger partial charge in [0.25, 0.3) is 0 Å². The molecule has 2 saturated heterocycles. The van der Waals surface area contributed by atoms with Crippen LogP contribution < -0.4 is 22.1 Å². The van der Waals surface area contributed by atoms with Crippen LogP contribution in [0.5, 0.6) is 0 Å². The van der Waals surface area contributed by atoms with E-state index in [0.717, 1.165) is 0 Å². The lowest BCUT2D eigenvalue weighted by Crippen LogP contribution is -2.48. The van der Waals surface area contributed by atoms with Crippen molar-refractivity contribution in [2.24, 2.45) is 11.5 Å². The highest BCUT2D eigenvalue weighted by Gasteiger charge is 2.38. The van der Waals surface area contributed by atoms with Crippen LogP contribution in [0.25, 0.3) is 0 Å². The van der Waals surface area contributed by atoms with Crippen LogP contribution >= 0.6 is 0 Å². The standard InChI is InChI=1S/2C9H18N2O4S/c2*1-9(2,3)15-8(12)11-7-5-16(13,14)4-6(7)10/h2*6-7H,4-5,10H2,1-3H3,(H,11,12)/t2*6-,7+/m10/s1. The molecule has 0 bridgehead atoms. The van der Waals surface area contributed by atoms with Crippen molar-refractivity contribution in [2.45, 2.75) is 76.9 Å². The average Bonchev–Trinajstić information content (AvgIpc) is 2.88. The number of rotatable bonds is 2. The molecule has 32 heavy (non-hydrogen) atoms. The summed E-state index contributed by atoms with van der Waals surface area (Å²) >= 11 is 0. The Morgan fingerprint density at radius 3 is 1.16 bits per heavy atom. The van der Waals surface area contributed by atoms with Gasteiger partial charge in [0.15, 0.2) is 19.7 Å². The minimum absolute atomic E-state index is 0.0898. The third-order valence-electron chi connectivity index (χ3n) is 4.20. The highest BCUT2D eigenvalue weighted by molar-refractivity contribution is 7.92. The summed E-state index contributed by atoms with van der Waals surface area (Å²) in [5.74, 6) is -0.415. The smallest absolute Gasteiger partial charge is 0.407 e. The van der Waals surface area contributed by atoms with E-state index in [4.69, 9.17) is 20.9 Å². The molecule has 0 spiro atoms. The van der Waals surface area contributed by atoms with Crippen LogP contribution in [0.4, 0.5) is 9.59 Å². The lowest BCUT2D eigenvalue weighted by Gasteiger charge is -2.22. The van der Waals surface area contributed by atoms with Crippen LogP contribution in [0, 0.1) is 0 Å². The molecule has 0 saturated carbocycles. The lowest BCUT2D eigenvalue weighted by atomic mass is 10.2. The van der Waals surface area contributed by atoms with E-state index < -0.39 is 67.2 Å². The first-order valence-corrected chi connectivity index (χ1v) is 13.7. The first-order valence-electron chi connectivity index (χ1n) is 10.1. The molecule has 0 aromatic rings. The van der Waals surface area contributed by atoms with Gasteiger partial charge in [0.05, 0.1) is 35.1 Å². The molecule has 14 heteroatoms. The van der Waals surface area contributed by atoms with Crippen LogP contribution in [0.15, 0.2) is 0 Å². The van der Waals surface area contributed by atoms with Crippen molar-refractivity contribution < 1.29 is 35.9 Å². The third kappa shape index (κ3) is 10.8. The highest BCUT2D eigenvalue weighted by atomic mass is 32.2. The van der Waals surface area contributed by atoms with E-state index in [0.29, 0.717) is 0 Å². The number of carbonyl (C=O) groups is 2. The summed E-state index contributed by atoms with van der Waals surface area (Å²) in [6.45, 7) is 10.4. The summed E-state index contributed by atoms with van der Waals surface area (Å²) < 4.78 is 55.0. The lowest BCUT2D eigenvalue weighted by molar-refractivity contribution is 0.0494. The molecule has 12 nitrogen and oxygen atoms in total. The van der Waals surface area contributed by atoms with E-state index in [1.165, 1.54) is 0 Å². The summed E-state index contributed by atoms with van der Waals surface area (Å²) in [5, 5.41) is 4.95. The fourth-order valence-corrected chi connectivity index (χ4v) is 6.63. The normalized spacial score (nSPS) is 28.8. The topological polar surface area (TPSA) is 197 Å². The second-order valence-corrected chi connectivity index (χ2v) is 14.3. The van der Waals surface area contributed by atoms with Gasteiger partial charge in [-0.3, -0.25) is 0 Å². The number of carbonyl (C=O) groups excluding carboxylic acids is 2. The minimum Gasteiger partial charge on any atom is -0.444 e. The van der Waals surface area contributed by atoms with Gasteiger partial charge in [-0.15, -0.1) is 0 Å². The number of hydrogen-bond acceptors (Lipinski definition) is 10. The van der Waals surface area contributed by atoms with Gasteiger partial charge >= 0.3 is 12.2 Å². The summed E-state index contributed by atoms with van der Waals surface area (Å²) in [7, 11) is -6.26. The van der Waals surface area contributed by atoms with Crippen LogP contribution in [0.3, 0.4) is 0 Å². The van der Waals surface area contributed by atoms with E-state index in [1.807, 2.05) is 0 Å². The second-order valence-electron chi connectivity index (χ2n) is 9.99. The van der Waals surface area contributed by atoms with E-state index in [2.05, 4.69) is 10.6 Å². The van der Waals surface area contributed by atoms with Gasteiger partial charge in [0, 0.05) is 12.1 Å². The molecule has 0 aromatic heterocycles. The van der Waals surface area contributed by atoms with Crippen LogP contribution in [-0.2, 0) is 29.1 Å². The van der Waals surface area contributed by atoms with Crippen molar-refractivity contribution in [1.29, 1.82) is 0 Å². The number of ether oxygens (including phenoxy) is 2. The highest BCUT2D eigenvalue weighted by Crippen LogP contribution is 2.14. The molecule has 2 heterocycles. The summed E-state index contributed by atoms with van der Waals surface area (Å²) in [5.41, 5.74) is 10.0. The molecule has 0 aromatic carbocycles. The van der Waals surface area contributed by atoms with Gasteiger partial charge in [-0.2, -0.15) is 0 Å². The van der Waals surface area contributed by atoms with Crippen LogP contribution in [0.2, 0.25) is 0 Å². The maximum atomic E-state index is 11.4. The van der Waals surface area contributed by atoms with E-state index in [1.54, 1.807) is 41.5 Å². The first-order chi connectivity index (χ1) is 14.2. The van der Waals surface area contributed by atoms with Crippen molar-refractivity contribution >= 4 is 31.9 Å². The monoisotopic (exact) mass is 500 g/mol. The fraction of sp³-hybridized carbons (Fsp3) is 0.889. The quantitative estimate of drug-likeness (QED) is 0.375. The van der Waals surface area contributed by atoms with Crippen molar-refractivity contribution in [3.05, 3.63) is 0 Å². The number of hydrogen-bond donors (Lipinski definition) is 4. The van der Waals surface area contributed by atoms with Crippen molar-refractivity contribution in [1.82, 2.24) is 10.6 Å². The Balaban J connectivity index is 0.000000320. The van der Waals surface area contributed by atoms with Crippen molar-refractivity contribution in [2.75, 3.05) is 23.0 Å². The van der Waals surface area contributed by atoms with Gasteiger partial charge in [-0.25, -0.2) is 26.4 Å². The Morgan fingerprint density at radius 1 is 0.688 bits per heavy atom. The zero-order chi connectivity index (χ0) is 25.1. The zero-order valence-corrected chi connectivity index (χ0v) is 21.0. The Morgan fingerprint density at radius 2 is 0.969 bits per heavy atom. The van der Waals surface area contributed by atoms with Crippen LogP contribution in [0.1, 0.15) is 41.5 Å². The molecule has 2 fully saturated rings. The Bertz CT molecular complexity index is 817. The molecule has 188 valence electrons. The summed E-state index contributed by atoms with van der Waals surface area (Å²) in [6, 6.07) is -2.23. The Hall–Kier alpha value is -1.64. The summed E-state index contributed by atoms with van der Waals surface area (Å²) in [4.78, 5) is 22.8. The predicted octanol–water partition coefficient (Wildman–Crippen LogP) is -0.729.